The van der Waals surface area contributed by atoms with Gasteiger partial charge >= 0.3 is 0 Å². The van der Waals surface area contributed by atoms with Crippen LogP contribution >= 0.6 is 0 Å². The van der Waals surface area contributed by atoms with Crippen LogP contribution < -0.4 is 0 Å². The molecule has 8 heteroatoms. The first-order valence-electron chi connectivity index (χ1n) is 8.15. The lowest BCUT2D eigenvalue weighted by Gasteiger charge is -2.23. The van der Waals surface area contributed by atoms with Gasteiger partial charge in [-0.1, -0.05) is 5.11 Å². The molecule has 0 radical (unpaired) electrons. The number of hydrogen-bond donors (Lipinski definition) is 0. The Morgan fingerprint density at radius 3 is 1.88 bits per heavy atom. The lowest BCUT2D eigenvalue weighted by molar-refractivity contribution is -0.0130. The molecule has 0 aliphatic rings. The van der Waals surface area contributed by atoms with Gasteiger partial charge in [0.2, 0.25) is 0 Å². The van der Waals surface area contributed by atoms with Crippen LogP contribution in [0.15, 0.2) is 16.9 Å². The highest BCUT2D eigenvalue weighted by Crippen LogP contribution is 2.13. The van der Waals surface area contributed by atoms with E-state index in [4.69, 9.17) is 29.2 Å². The maximum atomic E-state index is 8.07. The van der Waals surface area contributed by atoms with E-state index in [0.29, 0.717) is 59.4 Å². The number of azide groups is 1. The summed E-state index contributed by atoms with van der Waals surface area (Å²) in [5.74, 6) is 0.825. The van der Waals surface area contributed by atoms with Crippen molar-refractivity contribution in [3.8, 4) is 0 Å². The van der Waals surface area contributed by atoms with E-state index in [1.165, 1.54) is 0 Å². The Bertz CT molecular complexity index is 376. The minimum atomic E-state index is -0.217. The summed E-state index contributed by atoms with van der Waals surface area (Å²) >= 11 is 0. The fraction of sp³-hybridized carbons (Fsp3) is 0.875. The van der Waals surface area contributed by atoms with Crippen LogP contribution in [0.2, 0.25) is 0 Å². The molecule has 0 heterocycles. The molecule has 0 saturated carbocycles. The average molecular weight is 345 g/mol. The molecule has 0 aliphatic heterocycles. The lowest BCUT2D eigenvalue weighted by Crippen LogP contribution is -2.21. The molecule has 0 bridgehead atoms. The predicted octanol–water partition coefficient (Wildman–Crippen LogP) is 3.08. The summed E-state index contributed by atoms with van der Waals surface area (Å²) in [5.41, 5.74) is 7.86. The zero-order valence-electron chi connectivity index (χ0n) is 15.3. The van der Waals surface area contributed by atoms with E-state index in [-0.39, 0.29) is 5.60 Å². The Hall–Kier alpha value is -1.31. The number of hydrogen-bond acceptors (Lipinski definition) is 6. The molecule has 8 nitrogen and oxygen atoms in total. The number of ether oxygens (including phenoxy) is 5. The van der Waals surface area contributed by atoms with Gasteiger partial charge in [0.1, 0.15) is 18.0 Å². The SMILES string of the molecule is CC=C(COCCOCCOCCOCCN=[N+]=[N-])OC(C)(C)C. The molecule has 0 aliphatic carbocycles. The Kier molecular flexibility index (Phi) is 14.4. The average Bonchev–Trinajstić information content (AvgIpc) is 2.53. The molecule has 0 spiro atoms. The first-order chi connectivity index (χ1) is 11.5. The third kappa shape index (κ3) is 17.1. The quantitative estimate of drug-likeness (QED) is 0.149. The highest BCUT2D eigenvalue weighted by Gasteiger charge is 2.12. The highest BCUT2D eigenvalue weighted by molar-refractivity contribution is 4.92. The monoisotopic (exact) mass is 345 g/mol. The van der Waals surface area contributed by atoms with Crippen molar-refractivity contribution in [3.63, 3.8) is 0 Å². The maximum Gasteiger partial charge on any atom is 0.118 e. The fourth-order valence-electron chi connectivity index (χ4n) is 1.55. The molecule has 0 N–H and O–H groups in total. The van der Waals surface area contributed by atoms with E-state index < -0.39 is 0 Å². The second-order valence-corrected chi connectivity index (χ2v) is 5.81. The van der Waals surface area contributed by atoms with Crippen LogP contribution in [0.5, 0.6) is 0 Å². The first kappa shape index (κ1) is 22.7. The van der Waals surface area contributed by atoms with Gasteiger partial charge in [-0.25, -0.2) is 0 Å². The molecular formula is C16H31N3O5. The van der Waals surface area contributed by atoms with Crippen LogP contribution in [-0.4, -0.2) is 65.0 Å². The molecule has 0 fully saturated rings. The van der Waals surface area contributed by atoms with Crippen molar-refractivity contribution in [3.05, 3.63) is 22.3 Å². The summed E-state index contributed by atoms with van der Waals surface area (Å²) in [7, 11) is 0. The Labute approximate surface area is 144 Å². The summed E-state index contributed by atoms with van der Waals surface area (Å²) in [5, 5.41) is 3.36. The molecule has 0 rings (SSSR count). The van der Waals surface area contributed by atoms with Gasteiger partial charge in [-0.15, -0.1) is 0 Å². The Morgan fingerprint density at radius 2 is 1.42 bits per heavy atom. The van der Waals surface area contributed by atoms with Gasteiger partial charge in [0.25, 0.3) is 0 Å². The van der Waals surface area contributed by atoms with Crippen LogP contribution in [0.3, 0.4) is 0 Å². The highest BCUT2D eigenvalue weighted by atomic mass is 16.6. The van der Waals surface area contributed by atoms with E-state index in [1.807, 2.05) is 33.8 Å². The second kappa shape index (κ2) is 15.2. The molecule has 24 heavy (non-hydrogen) atoms. The smallest absolute Gasteiger partial charge is 0.118 e. The van der Waals surface area contributed by atoms with Gasteiger partial charge in [-0.2, -0.15) is 0 Å². The molecule has 0 saturated heterocycles. The zero-order valence-corrected chi connectivity index (χ0v) is 15.3. The van der Waals surface area contributed by atoms with Crippen molar-refractivity contribution in [1.29, 1.82) is 0 Å². The van der Waals surface area contributed by atoms with Crippen molar-refractivity contribution in [2.75, 3.05) is 59.4 Å². The molecule has 0 aromatic carbocycles. The Morgan fingerprint density at radius 1 is 0.917 bits per heavy atom. The molecule has 0 aromatic rings. The van der Waals surface area contributed by atoms with Crippen LogP contribution in [0, 0.1) is 0 Å². The van der Waals surface area contributed by atoms with E-state index in [2.05, 4.69) is 10.0 Å². The molecule has 0 unspecified atom stereocenters. The van der Waals surface area contributed by atoms with E-state index in [0.717, 1.165) is 5.76 Å². The number of allylic oxidation sites excluding steroid dienone is 1. The minimum absolute atomic E-state index is 0.217. The van der Waals surface area contributed by atoms with Crippen LogP contribution in [0.4, 0.5) is 0 Å². The fourth-order valence-corrected chi connectivity index (χ4v) is 1.55. The third-order valence-corrected chi connectivity index (χ3v) is 2.52. The number of nitrogens with zero attached hydrogens (tertiary/aromatic N) is 3. The maximum absolute atomic E-state index is 8.07. The van der Waals surface area contributed by atoms with Crippen LogP contribution in [-0.2, 0) is 23.7 Å². The van der Waals surface area contributed by atoms with Crippen molar-refractivity contribution in [1.82, 2.24) is 0 Å². The molecular weight excluding hydrogens is 314 g/mol. The third-order valence-electron chi connectivity index (χ3n) is 2.52. The standard InChI is InChI=1S/C16H31N3O5/c1-5-15(24-16(2,3)4)14-23-13-12-22-11-10-21-9-8-20-7-6-18-19-17/h5H,6-14H2,1-4H3. The molecule has 0 amide bonds. The van der Waals surface area contributed by atoms with Gasteiger partial charge in [-0.3, -0.25) is 0 Å². The summed E-state index contributed by atoms with van der Waals surface area (Å²) in [6, 6.07) is 0. The summed E-state index contributed by atoms with van der Waals surface area (Å²) in [6.45, 7) is 12.1. The summed E-state index contributed by atoms with van der Waals surface area (Å²) < 4.78 is 27.2. The topological polar surface area (TPSA) is 94.9 Å². The van der Waals surface area contributed by atoms with Gasteiger partial charge < -0.3 is 23.7 Å². The van der Waals surface area contributed by atoms with Crippen LogP contribution in [0.1, 0.15) is 27.7 Å². The minimum Gasteiger partial charge on any atom is -0.490 e. The van der Waals surface area contributed by atoms with Gasteiger partial charge in [-0.05, 0) is 39.3 Å². The predicted molar refractivity (Wildman–Crippen MR) is 91.9 cm³/mol. The van der Waals surface area contributed by atoms with E-state index >= 15 is 0 Å². The largest absolute Gasteiger partial charge is 0.490 e. The van der Waals surface area contributed by atoms with Crippen LogP contribution in [0.25, 0.3) is 10.4 Å². The van der Waals surface area contributed by atoms with Gasteiger partial charge in [0.05, 0.1) is 46.2 Å². The second-order valence-electron chi connectivity index (χ2n) is 5.81. The summed E-state index contributed by atoms with van der Waals surface area (Å²) in [4.78, 5) is 2.63. The van der Waals surface area contributed by atoms with E-state index in [9.17, 15) is 0 Å². The van der Waals surface area contributed by atoms with Gasteiger partial charge in [0, 0.05) is 11.5 Å². The van der Waals surface area contributed by atoms with Crippen molar-refractivity contribution >= 4 is 0 Å². The molecule has 0 aromatic heterocycles. The molecule has 0 atom stereocenters. The summed E-state index contributed by atoms with van der Waals surface area (Å²) in [6.07, 6.45) is 1.91. The number of rotatable bonds is 15. The van der Waals surface area contributed by atoms with Crippen molar-refractivity contribution in [2.24, 2.45) is 5.11 Å². The first-order valence-corrected chi connectivity index (χ1v) is 8.15. The lowest BCUT2D eigenvalue weighted by atomic mass is 10.2. The normalized spacial score (nSPS) is 12.1. The van der Waals surface area contributed by atoms with Gasteiger partial charge in [0.15, 0.2) is 0 Å². The van der Waals surface area contributed by atoms with Crippen molar-refractivity contribution in [2.45, 2.75) is 33.3 Å². The van der Waals surface area contributed by atoms with Crippen molar-refractivity contribution < 1.29 is 23.7 Å². The van der Waals surface area contributed by atoms with E-state index in [1.54, 1.807) is 0 Å². The molecule has 140 valence electrons. The zero-order chi connectivity index (χ0) is 18.1. The Balaban J connectivity index is 3.32.